The van der Waals surface area contributed by atoms with Gasteiger partial charge < -0.3 is 9.47 Å². The molecule has 0 aliphatic carbocycles. The molecule has 2 fully saturated rings. The molecule has 0 aromatic heterocycles. The van der Waals surface area contributed by atoms with Gasteiger partial charge in [-0.25, -0.2) is 0 Å². The lowest BCUT2D eigenvalue weighted by Crippen LogP contribution is -2.32. The summed E-state index contributed by atoms with van der Waals surface area (Å²) in [5, 5.41) is 0. The van der Waals surface area contributed by atoms with Crippen molar-refractivity contribution in [1.82, 2.24) is 4.90 Å². The number of ether oxygens (including phenoxy) is 2. The molecule has 110 valence electrons. The first-order chi connectivity index (χ1) is 9.81. The van der Waals surface area contributed by atoms with Crippen LogP contribution in [0.3, 0.4) is 0 Å². The van der Waals surface area contributed by atoms with Gasteiger partial charge in [-0.1, -0.05) is 37.3 Å². The lowest BCUT2D eigenvalue weighted by Gasteiger charge is -2.27. The maximum atomic E-state index is 6.17. The minimum atomic E-state index is 0.0351. The Labute approximate surface area is 121 Å². The monoisotopic (exact) mass is 275 g/mol. The number of benzene rings is 1. The quantitative estimate of drug-likeness (QED) is 0.843. The zero-order chi connectivity index (χ0) is 13.8. The summed E-state index contributed by atoms with van der Waals surface area (Å²) >= 11 is 0. The molecule has 1 aromatic carbocycles. The van der Waals surface area contributed by atoms with Crippen molar-refractivity contribution in [2.24, 2.45) is 5.92 Å². The van der Waals surface area contributed by atoms with Gasteiger partial charge in [0.15, 0.2) is 6.29 Å². The van der Waals surface area contributed by atoms with Crippen molar-refractivity contribution in [3.05, 3.63) is 35.9 Å². The summed E-state index contributed by atoms with van der Waals surface area (Å²) in [4.78, 5) is 2.49. The first-order valence-electron chi connectivity index (χ1n) is 7.84. The molecule has 3 heteroatoms. The van der Waals surface area contributed by atoms with E-state index < -0.39 is 0 Å². The van der Waals surface area contributed by atoms with Crippen molar-refractivity contribution >= 4 is 0 Å². The van der Waals surface area contributed by atoms with Crippen molar-refractivity contribution in [3.63, 3.8) is 0 Å². The Morgan fingerprint density at radius 2 is 2.05 bits per heavy atom. The maximum absolute atomic E-state index is 6.17. The largest absolute Gasteiger partial charge is 0.353 e. The van der Waals surface area contributed by atoms with Crippen molar-refractivity contribution < 1.29 is 9.47 Å². The van der Waals surface area contributed by atoms with Crippen LogP contribution >= 0.6 is 0 Å². The highest BCUT2D eigenvalue weighted by molar-refractivity contribution is 5.14. The zero-order valence-electron chi connectivity index (χ0n) is 12.3. The SMILES string of the molecule is C[C@@H]1CN(Cc2ccccc2)C[C@@H]1OC1CCCCO1. The van der Waals surface area contributed by atoms with E-state index >= 15 is 0 Å². The maximum Gasteiger partial charge on any atom is 0.158 e. The molecule has 3 rings (SSSR count). The van der Waals surface area contributed by atoms with E-state index in [0.29, 0.717) is 12.0 Å². The van der Waals surface area contributed by atoms with E-state index in [-0.39, 0.29) is 6.29 Å². The third-order valence-electron chi connectivity index (χ3n) is 4.33. The fourth-order valence-electron chi connectivity index (χ4n) is 3.20. The van der Waals surface area contributed by atoms with Crippen LogP contribution in [0.25, 0.3) is 0 Å². The smallest absolute Gasteiger partial charge is 0.158 e. The van der Waals surface area contributed by atoms with E-state index in [2.05, 4.69) is 42.2 Å². The van der Waals surface area contributed by atoms with E-state index in [1.165, 1.54) is 18.4 Å². The third kappa shape index (κ3) is 3.60. The molecule has 0 amide bonds. The van der Waals surface area contributed by atoms with E-state index in [1.54, 1.807) is 0 Å². The molecule has 1 unspecified atom stereocenters. The Morgan fingerprint density at radius 1 is 1.20 bits per heavy atom. The molecule has 3 nitrogen and oxygen atoms in total. The van der Waals surface area contributed by atoms with E-state index in [1.807, 2.05) is 0 Å². The van der Waals surface area contributed by atoms with Gasteiger partial charge in [-0.05, 0) is 30.7 Å². The van der Waals surface area contributed by atoms with Crippen molar-refractivity contribution in [3.8, 4) is 0 Å². The highest BCUT2D eigenvalue weighted by Gasteiger charge is 2.32. The second-order valence-corrected chi connectivity index (χ2v) is 6.13. The summed E-state index contributed by atoms with van der Waals surface area (Å²) in [6.45, 7) is 6.32. The van der Waals surface area contributed by atoms with Crippen LogP contribution in [0.1, 0.15) is 31.7 Å². The van der Waals surface area contributed by atoms with Crippen molar-refractivity contribution in [2.45, 2.75) is 45.1 Å². The average molecular weight is 275 g/mol. The summed E-state index contributed by atoms with van der Waals surface area (Å²) in [7, 11) is 0. The predicted octanol–water partition coefficient (Wildman–Crippen LogP) is 3.05. The molecular formula is C17H25NO2. The van der Waals surface area contributed by atoms with E-state index in [0.717, 1.165) is 32.7 Å². The van der Waals surface area contributed by atoms with Gasteiger partial charge >= 0.3 is 0 Å². The van der Waals surface area contributed by atoms with E-state index in [9.17, 15) is 0 Å². The van der Waals surface area contributed by atoms with Gasteiger partial charge in [0.25, 0.3) is 0 Å². The van der Waals surface area contributed by atoms with Gasteiger partial charge in [0.2, 0.25) is 0 Å². The van der Waals surface area contributed by atoms with Gasteiger partial charge in [0, 0.05) is 26.2 Å². The van der Waals surface area contributed by atoms with Gasteiger partial charge in [0.05, 0.1) is 6.10 Å². The number of likely N-dealkylation sites (tertiary alicyclic amines) is 1. The number of rotatable bonds is 4. The molecule has 1 aromatic rings. The van der Waals surface area contributed by atoms with Crippen LogP contribution in [0.4, 0.5) is 0 Å². The molecule has 0 N–H and O–H groups in total. The Balaban J connectivity index is 1.51. The van der Waals surface area contributed by atoms with Crippen molar-refractivity contribution in [2.75, 3.05) is 19.7 Å². The lowest BCUT2D eigenvalue weighted by molar-refractivity contribution is -0.191. The third-order valence-corrected chi connectivity index (χ3v) is 4.33. The molecule has 2 heterocycles. The van der Waals surface area contributed by atoms with Gasteiger partial charge in [0.1, 0.15) is 0 Å². The first-order valence-corrected chi connectivity index (χ1v) is 7.84. The second kappa shape index (κ2) is 6.70. The summed E-state index contributed by atoms with van der Waals surface area (Å²) in [5.74, 6) is 0.587. The Kier molecular flexibility index (Phi) is 4.71. The Bertz CT molecular complexity index is 403. The Hall–Kier alpha value is -0.900. The highest BCUT2D eigenvalue weighted by atomic mass is 16.7. The standard InChI is InChI=1S/C17H25NO2/c1-14-11-18(12-15-7-3-2-4-8-15)13-16(14)20-17-9-5-6-10-19-17/h2-4,7-8,14,16-17H,5-6,9-13H2,1H3/t14-,16+,17?/m1/s1. The molecule has 20 heavy (non-hydrogen) atoms. The molecule has 0 spiro atoms. The second-order valence-electron chi connectivity index (χ2n) is 6.13. The molecule has 2 aliphatic heterocycles. The summed E-state index contributed by atoms with van der Waals surface area (Å²) < 4.78 is 11.9. The molecule has 2 saturated heterocycles. The highest BCUT2D eigenvalue weighted by Crippen LogP contribution is 2.25. The molecule has 2 aliphatic rings. The zero-order valence-corrected chi connectivity index (χ0v) is 12.3. The summed E-state index contributed by atoms with van der Waals surface area (Å²) in [6, 6.07) is 10.7. The van der Waals surface area contributed by atoms with E-state index in [4.69, 9.17) is 9.47 Å². The van der Waals surface area contributed by atoms with Gasteiger partial charge in [-0.2, -0.15) is 0 Å². The van der Waals surface area contributed by atoms with Crippen LogP contribution in [-0.4, -0.2) is 37.0 Å². The number of nitrogens with zero attached hydrogens (tertiary/aromatic N) is 1. The molecule has 0 radical (unpaired) electrons. The van der Waals surface area contributed by atoms with Gasteiger partial charge in [-0.3, -0.25) is 4.90 Å². The number of hydrogen-bond acceptors (Lipinski definition) is 3. The molecule has 0 saturated carbocycles. The van der Waals surface area contributed by atoms with Crippen molar-refractivity contribution in [1.29, 1.82) is 0 Å². The van der Waals surface area contributed by atoms with Crippen LogP contribution in [0.2, 0.25) is 0 Å². The van der Waals surface area contributed by atoms with Gasteiger partial charge in [-0.15, -0.1) is 0 Å². The van der Waals surface area contributed by atoms with Crippen LogP contribution < -0.4 is 0 Å². The first kappa shape index (κ1) is 14.1. The average Bonchev–Trinajstić information content (AvgIpc) is 2.81. The minimum absolute atomic E-state index is 0.0351. The van der Waals surface area contributed by atoms with Crippen LogP contribution in [-0.2, 0) is 16.0 Å². The fraction of sp³-hybridized carbons (Fsp3) is 0.647. The number of hydrogen-bond donors (Lipinski definition) is 0. The summed E-state index contributed by atoms with van der Waals surface area (Å²) in [5.41, 5.74) is 1.38. The van der Waals surface area contributed by atoms with Crippen LogP contribution in [0.15, 0.2) is 30.3 Å². The topological polar surface area (TPSA) is 21.7 Å². The predicted molar refractivity (Wildman–Crippen MR) is 79.3 cm³/mol. The molecule has 3 atom stereocenters. The van der Waals surface area contributed by atoms with Crippen LogP contribution in [0.5, 0.6) is 0 Å². The normalized spacial score (nSPS) is 31.6. The minimum Gasteiger partial charge on any atom is -0.353 e. The lowest BCUT2D eigenvalue weighted by atomic mass is 10.1. The summed E-state index contributed by atoms with van der Waals surface area (Å²) in [6.07, 6.45) is 3.83. The van der Waals surface area contributed by atoms with Crippen LogP contribution in [0, 0.1) is 5.92 Å². The molecular weight excluding hydrogens is 250 g/mol. The fourth-order valence-corrected chi connectivity index (χ4v) is 3.20. The molecule has 0 bridgehead atoms. The Morgan fingerprint density at radius 3 is 2.80 bits per heavy atom.